The molecule has 0 amide bonds. The summed E-state index contributed by atoms with van der Waals surface area (Å²) in [5.41, 5.74) is 0.146. The van der Waals surface area contributed by atoms with E-state index in [9.17, 15) is 0 Å². The quantitative estimate of drug-likeness (QED) is 0.213. The number of nitrogens with zero attached hydrogens (tertiary/aromatic N) is 3. The van der Waals surface area contributed by atoms with Gasteiger partial charge in [0.25, 0.3) is 0 Å². The molecule has 1 rings (SSSR count). The highest BCUT2D eigenvalue weighted by atomic mass is 127. The molecule has 0 unspecified atom stereocenters. The molecule has 2 N–H and O–H groups in total. The molecule has 1 fully saturated rings. The summed E-state index contributed by atoms with van der Waals surface area (Å²) in [7, 11) is 10.0. The molecular weight excluding hydrogens is 433 g/mol. The van der Waals surface area contributed by atoms with Gasteiger partial charge in [0.2, 0.25) is 0 Å². The zero-order valence-corrected chi connectivity index (χ0v) is 19.0. The van der Waals surface area contributed by atoms with Gasteiger partial charge in [0.15, 0.2) is 5.96 Å². The van der Waals surface area contributed by atoms with E-state index in [0.717, 1.165) is 71.2 Å². The summed E-state index contributed by atoms with van der Waals surface area (Å²) in [5, 5.41) is 6.89. The lowest BCUT2D eigenvalue weighted by molar-refractivity contribution is -0.00501. The average molecular weight is 471 g/mol. The van der Waals surface area contributed by atoms with Crippen LogP contribution in [0.2, 0.25) is 0 Å². The lowest BCUT2D eigenvalue weighted by Crippen LogP contribution is -2.57. The van der Waals surface area contributed by atoms with Crippen molar-refractivity contribution >= 4 is 29.9 Å². The van der Waals surface area contributed by atoms with Gasteiger partial charge < -0.3 is 29.9 Å². The van der Waals surface area contributed by atoms with Crippen molar-refractivity contribution in [3.05, 3.63) is 0 Å². The van der Waals surface area contributed by atoms with Crippen LogP contribution in [0.25, 0.3) is 0 Å². The van der Waals surface area contributed by atoms with E-state index in [1.54, 1.807) is 7.11 Å². The van der Waals surface area contributed by atoms with Gasteiger partial charge in [-0.05, 0) is 40.4 Å². The first kappa shape index (κ1) is 24.8. The smallest absolute Gasteiger partial charge is 0.191 e. The van der Waals surface area contributed by atoms with Crippen molar-refractivity contribution in [3.63, 3.8) is 0 Å². The third kappa shape index (κ3) is 9.37. The number of likely N-dealkylation sites (N-methyl/N-ethyl adjacent to an activating group) is 2. The van der Waals surface area contributed by atoms with E-state index in [4.69, 9.17) is 9.47 Å². The summed E-state index contributed by atoms with van der Waals surface area (Å²) in [5.74, 6) is 0.869. The van der Waals surface area contributed by atoms with E-state index in [-0.39, 0.29) is 29.5 Å². The Kier molecular flexibility index (Phi) is 13.9. The number of guanidine groups is 1. The first-order valence-electron chi connectivity index (χ1n) is 8.91. The molecule has 0 aliphatic carbocycles. The highest BCUT2D eigenvalue weighted by Crippen LogP contribution is 2.24. The van der Waals surface area contributed by atoms with Crippen LogP contribution in [0.1, 0.15) is 19.3 Å². The Bertz CT molecular complexity index is 363. The maximum Gasteiger partial charge on any atom is 0.191 e. The number of aliphatic imine (C=N–C) groups is 1. The van der Waals surface area contributed by atoms with Crippen LogP contribution in [0.4, 0.5) is 0 Å². The van der Waals surface area contributed by atoms with Crippen LogP contribution in [0.15, 0.2) is 4.99 Å². The molecule has 7 nitrogen and oxygen atoms in total. The van der Waals surface area contributed by atoms with E-state index in [1.165, 1.54) is 0 Å². The van der Waals surface area contributed by atoms with Crippen molar-refractivity contribution in [2.24, 2.45) is 4.99 Å². The number of hydrogen-bond acceptors (Lipinski definition) is 5. The van der Waals surface area contributed by atoms with Crippen LogP contribution >= 0.6 is 24.0 Å². The fourth-order valence-electron chi connectivity index (χ4n) is 2.96. The molecule has 1 saturated heterocycles. The average Bonchev–Trinajstić information content (AvgIpc) is 2.58. The molecule has 0 atom stereocenters. The molecule has 25 heavy (non-hydrogen) atoms. The second-order valence-electron chi connectivity index (χ2n) is 6.73. The second kappa shape index (κ2) is 14.0. The van der Waals surface area contributed by atoms with E-state index in [1.807, 2.05) is 7.05 Å². The molecule has 0 aromatic rings. The summed E-state index contributed by atoms with van der Waals surface area (Å²) in [6.07, 6.45) is 3.16. The summed E-state index contributed by atoms with van der Waals surface area (Å²) in [6, 6.07) is 0. The lowest BCUT2D eigenvalue weighted by atomic mass is 9.88. The highest BCUT2D eigenvalue weighted by Gasteiger charge is 2.34. The summed E-state index contributed by atoms with van der Waals surface area (Å²) in [4.78, 5) is 8.96. The Morgan fingerprint density at radius 3 is 2.40 bits per heavy atom. The molecule has 150 valence electrons. The predicted octanol–water partition coefficient (Wildman–Crippen LogP) is 0.849. The van der Waals surface area contributed by atoms with Crippen molar-refractivity contribution in [1.82, 2.24) is 20.4 Å². The Balaban J connectivity index is 0.00000576. The SMILES string of the molecule is CN=C(NCCN(C)CCCOC)NCC1(N(C)C)CCOCC1.I. The molecule has 0 bridgehead atoms. The number of hydrogen-bond donors (Lipinski definition) is 2. The molecule has 1 aliphatic heterocycles. The summed E-state index contributed by atoms with van der Waals surface area (Å²) < 4.78 is 10.6. The third-order valence-electron chi connectivity index (χ3n) is 4.85. The first-order chi connectivity index (χ1) is 11.5. The fourth-order valence-corrected chi connectivity index (χ4v) is 2.96. The van der Waals surface area contributed by atoms with Crippen LogP contribution in [-0.4, -0.2) is 103 Å². The van der Waals surface area contributed by atoms with Gasteiger partial charge in [-0.2, -0.15) is 0 Å². The molecule has 8 heteroatoms. The predicted molar refractivity (Wildman–Crippen MR) is 115 cm³/mol. The molecule has 0 saturated carbocycles. The topological polar surface area (TPSA) is 61.4 Å². The van der Waals surface area contributed by atoms with Crippen molar-refractivity contribution < 1.29 is 9.47 Å². The molecular formula is C17H38IN5O2. The van der Waals surface area contributed by atoms with Gasteiger partial charge >= 0.3 is 0 Å². The zero-order valence-electron chi connectivity index (χ0n) is 16.6. The number of methoxy groups -OCH3 is 1. The Morgan fingerprint density at radius 2 is 1.84 bits per heavy atom. The molecule has 0 radical (unpaired) electrons. The fraction of sp³-hybridized carbons (Fsp3) is 0.941. The summed E-state index contributed by atoms with van der Waals surface area (Å²) >= 11 is 0. The molecule has 1 aliphatic rings. The van der Waals surface area contributed by atoms with Gasteiger partial charge in [0.1, 0.15) is 0 Å². The van der Waals surface area contributed by atoms with Crippen LogP contribution in [0.5, 0.6) is 0 Å². The monoisotopic (exact) mass is 471 g/mol. The van der Waals surface area contributed by atoms with Gasteiger partial charge in [-0.25, -0.2) is 0 Å². The summed E-state index contributed by atoms with van der Waals surface area (Å²) in [6.45, 7) is 6.27. The minimum Gasteiger partial charge on any atom is -0.385 e. The molecule has 0 spiro atoms. The standard InChI is InChI=1S/C17H37N5O2.HI/c1-18-16(19-9-11-22(4)10-6-12-23-5)20-15-17(21(2)3)7-13-24-14-8-17;/h6-15H2,1-5H3,(H2,18,19,20);1H. The lowest BCUT2D eigenvalue weighted by Gasteiger charge is -2.43. The van der Waals surface area contributed by atoms with Gasteiger partial charge in [0, 0.05) is 65.7 Å². The Labute approximate surface area is 170 Å². The molecule has 0 aromatic carbocycles. The van der Waals surface area contributed by atoms with E-state index in [2.05, 4.69) is 46.6 Å². The largest absolute Gasteiger partial charge is 0.385 e. The highest BCUT2D eigenvalue weighted by molar-refractivity contribution is 14.0. The van der Waals surface area contributed by atoms with Crippen LogP contribution in [0, 0.1) is 0 Å². The number of nitrogens with one attached hydrogen (secondary N) is 2. The number of halogens is 1. The zero-order chi connectivity index (χ0) is 17.8. The van der Waals surface area contributed by atoms with Crippen molar-refractivity contribution in [1.29, 1.82) is 0 Å². The van der Waals surface area contributed by atoms with Crippen molar-refractivity contribution in [2.45, 2.75) is 24.8 Å². The maximum atomic E-state index is 5.52. The van der Waals surface area contributed by atoms with E-state index < -0.39 is 0 Å². The van der Waals surface area contributed by atoms with Gasteiger partial charge in [-0.1, -0.05) is 0 Å². The number of rotatable bonds is 10. The van der Waals surface area contributed by atoms with Crippen molar-refractivity contribution in [3.8, 4) is 0 Å². The van der Waals surface area contributed by atoms with Crippen molar-refractivity contribution in [2.75, 3.05) is 81.3 Å². The Morgan fingerprint density at radius 1 is 1.16 bits per heavy atom. The minimum atomic E-state index is 0. The third-order valence-corrected chi connectivity index (χ3v) is 4.85. The maximum absolute atomic E-state index is 5.52. The number of ether oxygens (including phenoxy) is 2. The van der Waals surface area contributed by atoms with E-state index in [0.29, 0.717) is 0 Å². The van der Waals surface area contributed by atoms with Gasteiger partial charge in [-0.15, -0.1) is 24.0 Å². The van der Waals surface area contributed by atoms with Crippen LogP contribution < -0.4 is 10.6 Å². The van der Waals surface area contributed by atoms with Gasteiger partial charge in [-0.3, -0.25) is 4.99 Å². The van der Waals surface area contributed by atoms with E-state index >= 15 is 0 Å². The first-order valence-corrected chi connectivity index (χ1v) is 8.91. The second-order valence-corrected chi connectivity index (χ2v) is 6.73. The normalized spacial score (nSPS) is 17.5. The van der Waals surface area contributed by atoms with Gasteiger partial charge in [0.05, 0.1) is 0 Å². The molecule has 1 heterocycles. The van der Waals surface area contributed by atoms with Crippen LogP contribution in [0.3, 0.4) is 0 Å². The minimum absolute atomic E-state index is 0. The molecule has 0 aromatic heterocycles. The van der Waals surface area contributed by atoms with Crippen LogP contribution in [-0.2, 0) is 9.47 Å². The Hall–Kier alpha value is -0.160.